The van der Waals surface area contributed by atoms with Gasteiger partial charge in [0.15, 0.2) is 0 Å². The van der Waals surface area contributed by atoms with Gasteiger partial charge in [0.1, 0.15) is 0 Å². The third-order valence-electron chi connectivity index (χ3n) is 5.32. The number of carbonyl (C=O) groups is 2. The number of hydrogen-bond donors (Lipinski definition) is 1. The highest BCUT2D eigenvalue weighted by Gasteiger charge is 2.23. The second-order valence-corrected chi connectivity index (χ2v) is 9.50. The molecule has 7 nitrogen and oxygen atoms in total. The molecule has 0 spiro atoms. The van der Waals surface area contributed by atoms with Gasteiger partial charge < -0.3 is 10.2 Å². The summed E-state index contributed by atoms with van der Waals surface area (Å²) in [6.45, 7) is 5.30. The van der Waals surface area contributed by atoms with Crippen LogP contribution in [0.15, 0.2) is 47.4 Å². The summed E-state index contributed by atoms with van der Waals surface area (Å²) in [6.07, 6.45) is 1.44. The minimum absolute atomic E-state index is 0.127. The summed E-state index contributed by atoms with van der Waals surface area (Å²) >= 11 is 0. The van der Waals surface area contributed by atoms with Crippen LogP contribution in [0.3, 0.4) is 0 Å². The van der Waals surface area contributed by atoms with Crippen LogP contribution < -0.4 is 9.62 Å². The molecule has 1 heterocycles. The van der Waals surface area contributed by atoms with Gasteiger partial charge in [0, 0.05) is 38.7 Å². The molecule has 160 valence electrons. The van der Waals surface area contributed by atoms with E-state index < -0.39 is 10.0 Å². The van der Waals surface area contributed by atoms with E-state index in [-0.39, 0.29) is 16.7 Å². The van der Waals surface area contributed by atoms with Crippen molar-refractivity contribution in [3.63, 3.8) is 0 Å². The smallest absolute Gasteiger partial charge is 0.264 e. The summed E-state index contributed by atoms with van der Waals surface area (Å²) in [4.78, 5) is 26.0. The van der Waals surface area contributed by atoms with Gasteiger partial charge in [-0.05, 0) is 56.2 Å². The van der Waals surface area contributed by atoms with Crippen LogP contribution in [0, 0.1) is 13.8 Å². The summed E-state index contributed by atoms with van der Waals surface area (Å²) in [5, 5.41) is 2.82. The van der Waals surface area contributed by atoms with Gasteiger partial charge in [0.25, 0.3) is 15.9 Å². The van der Waals surface area contributed by atoms with Crippen LogP contribution in [0.2, 0.25) is 0 Å². The van der Waals surface area contributed by atoms with Gasteiger partial charge in [-0.15, -0.1) is 0 Å². The second kappa shape index (κ2) is 8.87. The Balaban J connectivity index is 1.68. The maximum absolute atomic E-state index is 12.9. The molecule has 0 saturated carbocycles. The van der Waals surface area contributed by atoms with Crippen molar-refractivity contribution in [3.8, 4) is 0 Å². The number of amides is 2. The lowest BCUT2D eigenvalue weighted by molar-refractivity contribution is -0.127. The number of hydrogen-bond acceptors (Lipinski definition) is 4. The van der Waals surface area contributed by atoms with Crippen molar-refractivity contribution >= 4 is 27.5 Å². The first-order valence-electron chi connectivity index (χ1n) is 9.92. The number of carbonyl (C=O) groups excluding carboxylic acids is 2. The molecule has 2 amide bonds. The molecule has 0 radical (unpaired) electrons. The van der Waals surface area contributed by atoms with Crippen molar-refractivity contribution in [2.45, 2.75) is 31.6 Å². The molecule has 2 aromatic carbocycles. The van der Waals surface area contributed by atoms with Crippen molar-refractivity contribution in [3.05, 3.63) is 59.2 Å². The number of aryl methyl sites for hydroxylation is 2. The van der Waals surface area contributed by atoms with E-state index in [1.807, 2.05) is 6.92 Å². The van der Waals surface area contributed by atoms with Crippen molar-refractivity contribution in [2.24, 2.45) is 0 Å². The molecule has 0 unspecified atom stereocenters. The first kappa shape index (κ1) is 21.8. The predicted octanol–water partition coefficient (Wildman–Crippen LogP) is 2.48. The van der Waals surface area contributed by atoms with E-state index in [0.717, 1.165) is 18.5 Å². The highest BCUT2D eigenvalue weighted by molar-refractivity contribution is 7.92. The fourth-order valence-electron chi connectivity index (χ4n) is 3.49. The molecule has 2 aromatic rings. The molecular formula is C22H27N3O4S. The van der Waals surface area contributed by atoms with E-state index in [9.17, 15) is 18.0 Å². The van der Waals surface area contributed by atoms with Gasteiger partial charge in [0.05, 0.1) is 10.6 Å². The normalized spacial score (nSPS) is 14.1. The van der Waals surface area contributed by atoms with Crippen molar-refractivity contribution in [2.75, 3.05) is 31.0 Å². The first-order chi connectivity index (χ1) is 14.2. The van der Waals surface area contributed by atoms with Crippen LogP contribution in [0.1, 0.15) is 34.3 Å². The van der Waals surface area contributed by atoms with Gasteiger partial charge in [-0.2, -0.15) is 0 Å². The van der Waals surface area contributed by atoms with E-state index in [4.69, 9.17) is 0 Å². The molecule has 0 aromatic heterocycles. The number of sulfonamides is 1. The Bertz CT molecular complexity index is 1050. The molecule has 30 heavy (non-hydrogen) atoms. The summed E-state index contributed by atoms with van der Waals surface area (Å²) in [5.74, 6) is -0.123. The first-order valence-corrected chi connectivity index (χ1v) is 11.4. The lowest BCUT2D eigenvalue weighted by Gasteiger charge is -2.22. The van der Waals surface area contributed by atoms with Gasteiger partial charge in [-0.25, -0.2) is 8.42 Å². The Morgan fingerprint density at radius 3 is 2.43 bits per heavy atom. The Hall–Kier alpha value is -2.87. The van der Waals surface area contributed by atoms with E-state index in [1.165, 1.54) is 11.4 Å². The van der Waals surface area contributed by atoms with Crippen molar-refractivity contribution in [1.82, 2.24) is 10.2 Å². The fourth-order valence-corrected chi connectivity index (χ4v) is 4.75. The number of nitrogens with zero attached hydrogens (tertiary/aromatic N) is 2. The molecule has 3 rings (SSSR count). The number of nitrogens with one attached hydrogen (secondary N) is 1. The molecule has 1 N–H and O–H groups in total. The predicted molar refractivity (Wildman–Crippen MR) is 116 cm³/mol. The summed E-state index contributed by atoms with van der Waals surface area (Å²) in [7, 11) is -2.19. The number of anilines is 1. The molecule has 1 aliphatic heterocycles. The largest absolute Gasteiger partial charge is 0.350 e. The quantitative estimate of drug-likeness (QED) is 0.733. The van der Waals surface area contributed by atoms with Crippen LogP contribution in [-0.2, 0) is 14.8 Å². The zero-order chi connectivity index (χ0) is 21.9. The minimum atomic E-state index is -3.70. The van der Waals surface area contributed by atoms with Crippen molar-refractivity contribution < 1.29 is 18.0 Å². The summed E-state index contributed by atoms with van der Waals surface area (Å²) < 4.78 is 27.1. The third kappa shape index (κ3) is 4.64. The van der Waals surface area contributed by atoms with Gasteiger partial charge in [0.2, 0.25) is 5.91 Å². The van der Waals surface area contributed by atoms with Crippen LogP contribution in [-0.4, -0.2) is 51.8 Å². The molecular weight excluding hydrogens is 402 g/mol. The van der Waals surface area contributed by atoms with E-state index in [2.05, 4.69) is 5.32 Å². The molecule has 1 saturated heterocycles. The number of rotatable bonds is 7. The molecule has 0 atom stereocenters. The minimum Gasteiger partial charge on any atom is -0.350 e. The third-order valence-corrected chi connectivity index (χ3v) is 7.10. The lowest BCUT2D eigenvalue weighted by atomic mass is 10.1. The molecule has 1 fully saturated rings. The van der Waals surface area contributed by atoms with Crippen LogP contribution in [0.4, 0.5) is 5.69 Å². The second-order valence-electron chi connectivity index (χ2n) is 7.53. The van der Waals surface area contributed by atoms with Crippen LogP contribution in [0.25, 0.3) is 0 Å². The monoisotopic (exact) mass is 429 g/mol. The standard InChI is InChI=1S/C22H27N3O4S/c1-16-6-9-19(10-7-16)30(28,29)24(3)20-11-8-18(15-17(20)2)22(27)23-12-14-25-13-4-5-21(25)26/h6-11,15H,4-5,12-14H2,1-3H3,(H,23,27). The molecule has 0 bridgehead atoms. The summed E-state index contributed by atoms with van der Waals surface area (Å²) in [6, 6.07) is 11.6. The highest BCUT2D eigenvalue weighted by Crippen LogP contribution is 2.26. The van der Waals surface area contributed by atoms with Crippen molar-refractivity contribution in [1.29, 1.82) is 0 Å². The maximum Gasteiger partial charge on any atom is 0.264 e. The van der Waals surface area contributed by atoms with E-state index in [0.29, 0.717) is 36.3 Å². The van der Waals surface area contributed by atoms with Gasteiger partial charge in [-0.1, -0.05) is 17.7 Å². The van der Waals surface area contributed by atoms with E-state index >= 15 is 0 Å². The average Bonchev–Trinajstić information content (AvgIpc) is 3.12. The van der Waals surface area contributed by atoms with Crippen LogP contribution in [0.5, 0.6) is 0 Å². The van der Waals surface area contributed by atoms with E-state index in [1.54, 1.807) is 54.3 Å². The number of benzene rings is 2. The Labute approximate surface area is 177 Å². The highest BCUT2D eigenvalue weighted by atomic mass is 32.2. The Morgan fingerprint density at radius 2 is 1.83 bits per heavy atom. The Kier molecular flexibility index (Phi) is 6.45. The Morgan fingerprint density at radius 1 is 1.13 bits per heavy atom. The molecule has 0 aliphatic carbocycles. The van der Waals surface area contributed by atoms with Gasteiger partial charge in [-0.3, -0.25) is 13.9 Å². The molecule has 1 aliphatic rings. The van der Waals surface area contributed by atoms with Gasteiger partial charge >= 0.3 is 0 Å². The maximum atomic E-state index is 12.9. The zero-order valence-electron chi connectivity index (χ0n) is 17.5. The molecule has 8 heteroatoms. The average molecular weight is 430 g/mol. The summed E-state index contributed by atoms with van der Waals surface area (Å²) in [5.41, 5.74) is 2.62. The van der Waals surface area contributed by atoms with Crippen LogP contribution >= 0.6 is 0 Å². The fraction of sp³-hybridized carbons (Fsp3) is 0.364. The SMILES string of the molecule is Cc1ccc(S(=O)(=O)N(C)c2ccc(C(=O)NCCN3CCCC3=O)cc2C)cc1. The zero-order valence-corrected chi connectivity index (χ0v) is 18.3. The topological polar surface area (TPSA) is 86.8 Å². The number of likely N-dealkylation sites (tertiary alicyclic amines) is 1. The lowest BCUT2D eigenvalue weighted by Crippen LogP contribution is -2.35.